The van der Waals surface area contributed by atoms with E-state index < -0.39 is 0 Å². The summed E-state index contributed by atoms with van der Waals surface area (Å²) in [5, 5.41) is 10.4. The van der Waals surface area contributed by atoms with Crippen molar-refractivity contribution in [3.8, 4) is 0 Å². The smallest absolute Gasteiger partial charge is 0.0564 e. The van der Waals surface area contributed by atoms with E-state index in [-0.39, 0.29) is 6.10 Å². The normalized spacial score (nSPS) is 24.2. The van der Waals surface area contributed by atoms with Crippen LogP contribution >= 0.6 is 15.9 Å². The molecule has 0 radical (unpaired) electrons. The average molecular weight is 236 g/mol. The fourth-order valence-electron chi connectivity index (χ4n) is 1.67. The van der Waals surface area contributed by atoms with Crippen LogP contribution in [0.4, 0.5) is 0 Å². The molecule has 1 atom stereocenters. The first-order chi connectivity index (χ1) is 5.74. The number of halogens is 1. The lowest BCUT2D eigenvalue weighted by Gasteiger charge is -2.34. The molecule has 1 rings (SSSR count). The fourth-order valence-corrected chi connectivity index (χ4v) is 2.33. The maximum Gasteiger partial charge on any atom is 0.0564 e. The number of hydrogen-bond acceptors (Lipinski definition) is 2. The van der Waals surface area contributed by atoms with E-state index in [1.54, 1.807) is 0 Å². The Morgan fingerprint density at radius 2 is 2.08 bits per heavy atom. The summed E-state index contributed by atoms with van der Waals surface area (Å²) in [5.74, 6) is 0. The maximum atomic E-state index is 9.30. The number of aliphatic hydroxyl groups is 1. The third-order valence-electron chi connectivity index (χ3n) is 2.65. The highest BCUT2D eigenvalue weighted by molar-refractivity contribution is 9.09. The monoisotopic (exact) mass is 235 g/mol. The van der Waals surface area contributed by atoms with Crippen LogP contribution in [0.1, 0.15) is 26.2 Å². The first kappa shape index (κ1) is 10.5. The van der Waals surface area contributed by atoms with Crippen molar-refractivity contribution in [3.05, 3.63) is 0 Å². The third kappa shape index (κ3) is 3.04. The molecule has 0 aromatic heterocycles. The van der Waals surface area contributed by atoms with Gasteiger partial charge in [0.2, 0.25) is 0 Å². The van der Waals surface area contributed by atoms with E-state index in [4.69, 9.17) is 0 Å². The molecule has 3 heteroatoms. The van der Waals surface area contributed by atoms with Crippen molar-refractivity contribution in [2.24, 2.45) is 0 Å². The summed E-state index contributed by atoms with van der Waals surface area (Å²) < 4.78 is 0. The zero-order chi connectivity index (χ0) is 8.97. The van der Waals surface area contributed by atoms with E-state index >= 15 is 0 Å². The summed E-state index contributed by atoms with van der Waals surface area (Å²) in [6.07, 6.45) is 3.06. The first-order valence-electron chi connectivity index (χ1n) is 4.72. The maximum absolute atomic E-state index is 9.30. The summed E-state index contributed by atoms with van der Waals surface area (Å²) in [6, 6.07) is 0.664. The molecule has 0 amide bonds. The predicted molar refractivity (Wildman–Crippen MR) is 54.7 cm³/mol. The van der Waals surface area contributed by atoms with E-state index in [0.29, 0.717) is 6.04 Å². The zero-order valence-corrected chi connectivity index (χ0v) is 9.26. The number of alkyl halides is 1. The van der Waals surface area contributed by atoms with Gasteiger partial charge in [-0.25, -0.2) is 0 Å². The number of nitrogens with zero attached hydrogens (tertiary/aromatic N) is 1. The van der Waals surface area contributed by atoms with E-state index in [2.05, 4.69) is 27.8 Å². The van der Waals surface area contributed by atoms with Crippen molar-refractivity contribution in [2.45, 2.75) is 38.3 Å². The largest absolute Gasteiger partial charge is 0.393 e. The molecule has 1 saturated heterocycles. The highest BCUT2D eigenvalue weighted by Gasteiger charge is 2.20. The van der Waals surface area contributed by atoms with Crippen LogP contribution in [0.25, 0.3) is 0 Å². The van der Waals surface area contributed by atoms with Crippen molar-refractivity contribution < 1.29 is 5.11 Å². The molecule has 12 heavy (non-hydrogen) atoms. The second kappa shape index (κ2) is 5.20. The molecular formula is C9H18BrNO. The molecule has 0 aromatic rings. The second-order valence-corrected chi connectivity index (χ2v) is 4.39. The predicted octanol–water partition coefficient (Wildman–Crippen LogP) is 1.62. The minimum atomic E-state index is -0.0441. The third-order valence-corrected chi connectivity index (χ3v) is 3.11. The lowest BCUT2D eigenvalue weighted by atomic mass is 10.1. The van der Waals surface area contributed by atoms with Gasteiger partial charge in [-0.1, -0.05) is 15.9 Å². The Balaban J connectivity index is 2.24. The van der Waals surface area contributed by atoms with Gasteiger partial charge in [-0.05, 0) is 26.2 Å². The number of aliphatic hydroxyl groups excluding tert-OH is 1. The summed E-state index contributed by atoms with van der Waals surface area (Å²) in [7, 11) is 0. The number of likely N-dealkylation sites (tertiary alicyclic amines) is 1. The van der Waals surface area contributed by atoms with Gasteiger partial charge in [0.15, 0.2) is 0 Å². The van der Waals surface area contributed by atoms with Crippen LogP contribution < -0.4 is 0 Å². The van der Waals surface area contributed by atoms with Crippen molar-refractivity contribution in [2.75, 3.05) is 18.4 Å². The van der Waals surface area contributed by atoms with Gasteiger partial charge in [0.1, 0.15) is 0 Å². The molecule has 0 aliphatic carbocycles. The molecular weight excluding hydrogens is 218 g/mol. The van der Waals surface area contributed by atoms with Crippen molar-refractivity contribution in [3.63, 3.8) is 0 Å². The molecule has 2 nitrogen and oxygen atoms in total. The average Bonchev–Trinajstić information content (AvgIpc) is 2.06. The Labute approximate surface area is 83.1 Å². The molecule has 1 N–H and O–H groups in total. The van der Waals surface area contributed by atoms with Crippen molar-refractivity contribution in [1.29, 1.82) is 0 Å². The molecule has 1 fully saturated rings. The standard InChI is InChI=1S/C9H18BrNO/c1-8(2-5-10)11-6-3-9(12)4-7-11/h8-9,12H,2-7H2,1H3. The van der Waals surface area contributed by atoms with Crippen molar-refractivity contribution in [1.82, 2.24) is 4.90 Å². The fraction of sp³-hybridized carbons (Fsp3) is 1.00. The SMILES string of the molecule is CC(CCBr)N1CCC(O)CC1. The Kier molecular flexibility index (Phi) is 4.54. The molecule has 1 aliphatic heterocycles. The Hall–Kier alpha value is 0.400. The highest BCUT2D eigenvalue weighted by Crippen LogP contribution is 2.14. The van der Waals surface area contributed by atoms with Gasteiger partial charge in [-0.3, -0.25) is 0 Å². The number of rotatable bonds is 3. The molecule has 0 saturated carbocycles. The van der Waals surface area contributed by atoms with Crippen LogP contribution in [-0.4, -0.2) is 40.6 Å². The van der Waals surface area contributed by atoms with Gasteiger partial charge >= 0.3 is 0 Å². The molecule has 0 bridgehead atoms. The van der Waals surface area contributed by atoms with Crippen LogP contribution in [0, 0.1) is 0 Å². The topological polar surface area (TPSA) is 23.5 Å². The van der Waals surface area contributed by atoms with E-state index in [1.807, 2.05) is 0 Å². The van der Waals surface area contributed by atoms with Gasteiger partial charge in [-0.2, -0.15) is 0 Å². The molecule has 1 aliphatic rings. The van der Waals surface area contributed by atoms with Gasteiger partial charge in [-0.15, -0.1) is 0 Å². The lowest BCUT2D eigenvalue weighted by Crippen LogP contribution is -2.41. The summed E-state index contributed by atoms with van der Waals surface area (Å²) in [6.45, 7) is 4.39. The molecule has 0 aromatic carbocycles. The van der Waals surface area contributed by atoms with Crippen LogP contribution in [0.5, 0.6) is 0 Å². The highest BCUT2D eigenvalue weighted by atomic mass is 79.9. The summed E-state index contributed by atoms with van der Waals surface area (Å²) >= 11 is 3.45. The molecule has 1 unspecified atom stereocenters. The van der Waals surface area contributed by atoms with Crippen LogP contribution in [-0.2, 0) is 0 Å². The van der Waals surface area contributed by atoms with Crippen LogP contribution in [0.2, 0.25) is 0 Å². The Morgan fingerprint density at radius 3 is 2.58 bits per heavy atom. The van der Waals surface area contributed by atoms with E-state index in [1.165, 1.54) is 6.42 Å². The molecule has 72 valence electrons. The molecule has 1 heterocycles. The van der Waals surface area contributed by atoms with Gasteiger partial charge in [0, 0.05) is 24.5 Å². The van der Waals surface area contributed by atoms with Gasteiger partial charge < -0.3 is 10.0 Å². The number of hydrogen-bond donors (Lipinski definition) is 1. The lowest BCUT2D eigenvalue weighted by molar-refractivity contribution is 0.0642. The quantitative estimate of drug-likeness (QED) is 0.752. The Morgan fingerprint density at radius 1 is 1.50 bits per heavy atom. The minimum Gasteiger partial charge on any atom is -0.393 e. The Bertz CT molecular complexity index is 124. The van der Waals surface area contributed by atoms with Crippen molar-refractivity contribution >= 4 is 15.9 Å². The molecule has 0 spiro atoms. The second-order valence-electron chi connectivity index (χ2n) is 3.59. The van der Waals surface area contributed by atoms with E-state index in [9.17, 15) is 5.11 Å². The van der Waals surface area contributed by atoms with Gasteiger partial charge in [0.25, 0.3) is 0 Å². The van der Waals surface area contributed by atoms with Crippen LogP contribution in [0.15, 0.2) is 0 Å². The summed E-state index contributed by atoms with van der Waals surface area (Å²) in [4.78, 5) is 2.47. The van der Waals surface area contributed by atoms with Gasteiger partial charge in [0.05, 0.1) is 6.10 Å². The minimum absolute atomic E-state index is 0.0441. The van der Waals surface area contributed by atoms with Crippen LogP contribution in [0.3, 0.4) is 0 Å². The van der Waals surface area contributed by atoms with E-state index in [0.717, 1.165) is 31.3 Å². The first-order valence-corrected chi connectivity index (χ1v) is 5.84. The number of piperidine rings is 1. The summed E-state index contributed by atoms with van der Waals surface area (Å²) in [5.41, 5.74) is 0. The zero-order valence-electron chi connectivity index (χ0n) is 7.67.